The van der Waals surface area contributed by atoms with Gasteiger partial charge in [0.05, 0.1) is 22.1 Å². The van der Waals surface area contributed by atoms with E-state index in [2.05, 4.69) is 20.2 Å². The number of hydrogen-bond donors (Lipinski definition) is 2. The van der Waals surface area contributed by atoms with Crippen molar-refractivity contribution >= 4 is 21.8 Å². The van der Waals surface area contributed by atoms with E-state index in [-0.39, 0.29) is 36.0 Å². The van der Waals surface area contributed by atoms with Gasteiger partial charge in [0.1, 0.15) is 29.6 Å². The SMILES string of the molecule is Cc1cc2c[nH]nc2c(-c2c(F)cc3c(O)nc(OC[C@@]45CCCN4C[C@H](F)C5)nc3c2F)c1C(F)(F)F. The van der Waals surface area contributed by atoms with Gasteiger partial charge in [0.25, 0.3) is 0 Å². The van der Waals surface area contributed by atoms with E-state index >= 15 is 8.78 Å². The van der Waals surface area contributed by atoms with E-state index in [1.165, 1.54) is 19.2 Å². The van der Waals surface area contributed by atoms with Gasteiger partial charge in [-0.3, -0.25) is 10.00 Å². The summed E-state index contributed by atoms with van der Waals surface area (Å²) in [7, 11) is 0. The first-order valence-corrected chi connectivity index (χ1v) is 11.9. The minimum atomic E-state index is -4.95. The highest BCUT2D eigenvalue weighted by atomic mass is 19.4. The number of ether oxygens (including phenoxy) is 1. The fourth-order valence-corrected chi connectivity index (χ4v) is 5.94. The Morgan fingerprint density at radius 2 is 1.97 bits per heavy atom. The Bertz CT molecular complexity index is 1590. The minimum Gasteiger partial charge on any atom is -0.493 e. The van der Waals surface area contributed by atoms with Gasteiger partial charge in [-0.1, -0.05) is 0 Å². The van der Waals surface area contributed by atoms with E-state index in [0.29, 0.717) is 19.0 Å². The van der Waals surface area contributed by atoms with Crippen LogP contribution in [0.15, 0.2) is 18.3 Å². The fraction of sp³-hybridized carbons (Fsp3) is 0.400. The number of fused-ring (bicyclic) bond motifs is 3. The first-order chi connectivity index (χ1) is 18.0. The van der Waals surface area contributed by atoms with Gasteiger partial charge in [0.2, 0.25) is 5.88 Å². The zero-order valence-electron chi connectivity index (χ0n) is 20.0. The summed E-state index contributed by atoms with van der Waals surface area (Å²) >= 11 is 0. The Kier molecular flexibility index (Phi) is 5.49. The molecule has 200 valence electrons. The second-order valence-corrected chi connectivity index (χ2v) is 9.90. The lowest BCUT2D eigenvalue weighted by Crippen LogP contribution is -2.43. The molecule has 0 saturated carbocycles. The lowest BCUT2D eigenvalue weighted by molar-refractivity contribution is -0.137. The van der Waals surface area contributed by atoms with Crippen LogP contribution >= 0.6 is 0 Å². The molecule has 2 aromatic carbocycles. The number of aryl methyl sites for hydroxylation is 1. The van der Waals surface area contributed by atoms with Crippen LogP contribution in [0.3, 0.4) is 0 Å². The van der Waals surface area contributed by atoms with Crippen molar-refractivity contribution in [2.24, 2.45) is 0 Å². The molecule has 0 spiro atoms. The van der Waals surface area contributed by atoms with Crippen molar-refractivity contribution < 1.29 is 36.2 Å². The number of hydrogen-bond acceptors (Lipinski definition) is 6. The van der Waals surface area contributed by atoms with Gasteiger partial charge >= 0.3 is 12.2 Å². The smallest absolute Gasteiger partial charge is 0.417 e. The molecule has 2 aliphatic heterocycles. The highest BCUT2D eigenvalue weighted by Gasteiger charge is 2.49. The predicted molar refractivity (Wildman–Crippen MR) is 124 cm³/mol. The Balaban J connectivity index is 1.50. The fourth-order valence-electron chi connectivity index (χ4n) is 5.94. The number of nitrogens with zero attached hydrogens (tertiary/aromatic N) is 4. The molecule has 2 fully saturated rings. The van der Waals surface area contributed by atoms with Gasteiger partial charge in [-0.2, -0.15) is 28.2 Å². The van der Waals surface area contributed by atoms with E-state index in [1.807, 2.05) is 4.90 Å². The maximum atomic E-state index is 16.0. The Labute approximate surface area is 211 Å². The van der Waals surface area contributed by atoms with Crippen LogP contribution in [0.1, 0.15) is 30.4 Å². The van der Waals surface area contributed by atoms with Gasteiger partial charge in [-0.15, -0.1) is 0 Å². The zero-order chi connectivity index (χ0) is 27.0. The van der Waals surface area contributed by atoms with Crippen LogP contribution in [0, 0.1) is 18.6 Å². The summed E-state index contributed by atoms with van der Waals surface area (Å²) in [5, 5.41) is 16.4. The molecule has 0 radical (unpaired) electrons. The van der Waals surface area contributed by atoms with Crippen molar-refractivity contribution in [1.29, 1.82) is 0 Å². The molecule has 4 aromatic rings. The van der Waals surface area contributed by atoms with Crippen molar-refractivity contribution in [1.82, 2.24) is 25.1 Å². The van der Waals surface area contributed by atoms with Crippen LogP contribution in [-0.4, -0.2) is 61.6 Å². The highest BCUT2D eigenvalue weighted by Crippen LogP contribution is 2.46. The maximum Gasteiger partial charge on any atom is 0.417 e. The molecule has 2 atom stereocenters. The lowest BCUT2D eigenvalue weighted by atomic mass is 9.91. The number of aromatic amines is 1. The molecule has 2 N–H and O–H groups in total. The van der Waals surface area contributed by atoms with Gasteiger partial charge in [0, 0.05) is 30.1 Å². The quantitative estimate of drug-likeness (QED) is 0.337. The summed E-state index contributed by atoms with van der Waals surface area (Å²) in [6, 6.07) is 1.44. The summed E-state index contributed by atoms with van der Waals surface area (Å²) in [6.07, 6.45) is -2.90. The Hall–Kier alpha value is -3.61. The number of alkyl halides is 4. The van der Waals surface area contributed by atoms with E-state index in [1.54, 1.807) is 0 Å². The third-order valence-corrected chi connectivity index (χ3v) is 7.53. The molecule has 6 rings (SSSR count). The summed E-state index contributed by atoms with van der Waals surface area (Å²) in [5.41, 5.74) is -4.77. The second kappa shape index (κ2) is 8.45. The number of aromatic nitrogens is 4. The third kappa shape index (κ3) is 3.74. The largest absolute Gasteiger partial charge is 0.493 e. The number of benzene rings is 2. The van der Waals surface area contributed by atoms with Gasteiger partial charge in [-0.25, -0.2) is 13.2 Å². The Morgan fingerprint density at radius 1 is 1.18 bits per heavy atom. The summed E-state index contributed by atoms with van der Waals surface area (Å²) in [5.74, 6) is -3.60. The number of halogens is 6. The number of aromatic hydroxyl groups is 1. The summed E-state index contributed by atoms with van der Waals surface area (Å²) in [4.78, 5) is 9.72. The van der Waals surface area contributed by atoms with Crippen molar-refractivity contribution in [3.8, 4) is 23.0 Å². The van der Waals surface area contributed by atoms with Gasteiger partial charge in [0.15, 0.2) is 5.82 Å². The van der Waals surface area contributed by atoms with E-state index in [0.717, 1.165) is 6.42 Å². The van der Waals surface area contributed by atoms with E-state index < -0.39 is 69.0 Å². The standard InChI is InChI=1S/C25H21F6N5O2/c1-11-5-12-8-32-35-20(12)17(18(11)25(29,30)31)16-15(27)6-14-21(19(16)28)33-23(34-22(14)37)38-10-24-3-2-4-36(24)9-13(26)7-24/h5-6,8,13H,2-4,7,9-10H2,1H3,(H,32,35)(H,33,34,37)/t13-,24+/m1/s1. The van der Waals surface area contributed by atoms with Crippen LogP contribution in [0.5, 0.6) is 11.9 Å². The molecular weight excluding hydrogens is 516 g/mol. The lowest BCUT2D eigenvalue weighted by Gasteiger charge is -2.30. The first kappa shape index (κ1) is 24.7. The molecule has 2 aliphatic rings. The van der Waals surface area contributed by atoms with E-state index in [4.69, 9.17) is 4.74 Å². The van der Waals surface area contributed by atoms with Crippen LogP contribution in [-0.2, 0) is 6.18 Å². The van der Waals surface area contributed by atoms with Crippen molar-refractivity contribution in [2.75, 3.05) is 19.7 Å². The van der Waals surface area contributed by atoms with Crippen LogP contribution < -0.4 is 4.74 Å². The van der Waals surface area contributed by atoms with Crippen LogP contribution in [0.2, 0.25) is 0 Å². The first-order valence-electron chi connectivity index (χ1n) is 11.9. The third-order valence-electron chi connectivity index (χ3n) is 7.53. The molecule has 13 heteroatoms. The number of nitrogens with one attached hydrogen (secondary N) is 1. The molecule has 0 bridgehead atoms. The maximum absolute atomic E-state index is 16.0. The van der Waals surface area contributed by atoms with Crippen molar-refractivity contribution in [3.63, 3.8) is 0 Å². The number of rotatable bonds is 4. The molecule has 0 unspecified atom stereocenters. The molecule has 7 nitrogen and oxygen atoms in total. The summed E-state index contributed by atoms with van der Waals surface area (Å²) < 4.78 is 93.4. The average molecular weight is 537 g/mol. The Morgan fingerprint density at radius 3 is 2.74 bits per heavy atom. The molecule has 2 aromatic heterocycles. The molecule has 0 aliphatic carbocycles. The molecule has 4 heterocycles. The normalized spacial score (nSPS) is 22.0. The predicted octanol–water partition coefficient (Wildman–Crippen LogP) is 5.44. The van der Waals surface area contributed by atoms with Crippen LogP contribution in [0.4, 0.5) is 26.3 Å². The minimum absolute atomic E-state index is 0.0297. The van der Waals surface area contributed by atoms with Gasteiger partial charge in [-0.05, 0) is 44.0 Å². The average Bonchev–Trinajstić information content (AvgIpc) is 3.51. The van der Waals surface area contributed by atoms with E-state index in [9.17, 15) is 22.7 Å². The topological polar surface area (TPSA) is 87.2 Å². The second-order valence-electron chi connectivity index (χ2n) is 9.90. The van der Waals surface area contributed by atoms with Crippen molar-refractivity contribution in [3.05, 3.63) is 41.1 Å². The van der Waals surface area contributed by atoms with Crippen LogP contribution in [0.25, 0.3) is 32.9 Å². The molecule has 38 heavy (non-hydrogen) atoms. The number of H-pyrrole nitrogens is 1. The molecule has 2 saturated heterocycles. The molecular formula is C25H21F6N5O2. The van der Waals surface area contributed by atoms with Crippen molar-refractivity contribution in [2.45, 2.75) is 44.1 Å². The highest BCUT2D eigenvalue weighted by molar-refractivity contribution is 5.99. The summed E-state index contributed by atoms with van der Waals surface area (Å²) in [6.45, 7) is 2.12. The zero-order valence-corrected chi connectivity index (χ0v) is 20.0. The monoisotopic (exact) mass is 537 g/mol. The van der Waals surface area contributed by atoms with Gasteiger partial charge < -0.3 is 9.84 Å². The molecule has 0 amide bonds.